The van der Waals surface area contributed by atoms with Crippen molar-refractivity contribution in [2.75, 3.05) is 10.6 Å². The predicted molar refractivity (Wildman–Crippen MR) is 139 cm³/mol. The Morgan fingerprint density at radius 1 is 1.00 bits per heavy atom. The molecule has 0 atom stereocenters. The number of aryl methyl sites for hydroxylation is 2. The molecule has 2 aromatic carbocycles. The molecule has 4 aromatic rings. The highest BCUT2D eigenvalue weighted by molar-refractivity contribution is 6.00. The van der Waals surface area contributed by atoms with Gasteiger partial charge in [-0.2, -0.15) is 0 Å². The Morgan fingerprint density at radius 2 is 1.76 bits per heavy atom. The van der Waals surface area contributed by atoms with E-state index < -0.39 is 22.6 Å². The molecule has 3 heterocycles. The van der Waals surface area contributed by atoms with Crippen molar-refractivity contribution in [2.24, 2.45) is 7.05 Å². The zero-order chi connectivity index (χ0) is 26.2. The molecule has 0 saturated heterocycles. The minimum atomic E-state index is -0.562. The average molecular weight is 502 g/mol. The van der Waals surface area contributed by atoms with Gasteiger partial charge in [0.15, 0.2) is 0 Å². The lowest BCUT2D eigenvalue weighted by Crippen LogP contribution is -2.41. The number of carbonyl (C=O) groups excluding carboxylic acids is 1. The number of rotatable bonds is 4. The number of nitrogens with zero attached hydrogens (tertiary/aromatic N) is 3. The third-order valence-electron chi connectivity index (χ3n) is 7.11. The molecule has 2 aromatic heterocycles. The topological polar surface area (TPSA) is 107 Å². The van der Waals surface area contributed by atoms with Crippen molar-refractivity contribution in [2.45, 2.75) is 39.2 Å². The molecule has 9 nitrogen and oxygen atoms in total. The van der Waals surface area contributed by atoms with E-state index in [1.807, 2.05) is 0 Å². The minimum Gasteiger partial charge on any atom is -0.338 e. The fourth-order valence-electron chi connectivity index (χ4n) is 5.05. The summed E-state index contributed by atoms with van der Waals surface area (Å²) in [6.45, 7) is 3.32. The highest BCUT2D eigenvalue weighted by Crippen LogP contribution is 2.34. The van der Waals surface area contributed by atoms with Gasteiger partial charge in [0.2, 0.25) is 5.91 Å². The maximum atomic E-state index is 14.8. The van der Waals surface area contributed by atoms with Crippen molar-refractivity contribution in [3.8, 4) is 5.69 Å². The molecular weight excluding hydrogens is 477 g/mol. The quantitative estimate of drug-likeness (QED) is 0.447. The van der Waals surface area contributed by atoms with E-state index in [0.29, 0.717) is 24.2 Å². The van der Waals surface area contributed by atoms with Gasteiger partial charge < -0.3 is 10.6 Å². The summed E-state index contributed by atoms with van der Waals surface area (Å²) in [5, 5.41) is 5.84. The molecule has 0 radical (unpaired) electrons. The number of carbonyl (C=O) groups is 1. The normalized spacial score (nSPS) is 14.6. The summed E-state index contributed by atoms with van der Waals surface area (Å²) in [5.41, 5.74) is 1.42. The molecule has 2 aliphatic rings. The lowest BCUT2D eigenvalue weighted by atomic mass is 10.1. The van der Waals surface area contributed by atoms with Crippen LogP contribution in [0.2, 0.25) is 0 Å². The maximum absolute atomic E-state index is 14.8. The molecule has 1 aliphatic carbocycles. The van der Waals surface area contributed by atoms with E-state index in [-0.39, 0.29) is 46.3 Å². The van der Waals surface area contributed by atoms with E-state index in [1.165, 1.54) is 26.8 Å². The number of aromatic nitrogens is 3. The Kier molecular flexibility index (Phi) is 4.98. The number of halogens is 1. The van der Waals surface area contributed by atoms with Crippen LogP contribution in [0.3, 0.4) is 0 Å². The number of nitrogens with one attached hydrogen (secondary N) is 2. The summed E-state index contributed by atoms with van der Waals surface area (Å²) >= 11 is 0. The highest BCUT2D eigenvalue weighted by atomic mass is 19.1. The van der Waals surface area contributed by atoms with Gasteiger partial charge in [-0.3, -0.25) is 28.1 Å². The minimum absolute atomic E-state index is 0.0935. The van der Waals surface area contributed by atoms with Crippen molar-refractivity contribution >= 4 is 34.0 Å². The zero-order valence-corrected chi connectivity index (χ0v) is 20.5. The second kappa shape index (κ2) is 8.02. The highest BCUT2D eigenvalue weighted by Gasteiger charge is 2.32. The monoisotopic (exact) mass is 501 g/mol. The SMILES string of the molecule is Cc1ccc(Nc2c3c(=O)n(C4CC4)c(=O)n(-c4ccc5c(c4)NC(=O)C5)c3c(C)c(=O)n2C)c(F)c1. The molecule has 6 rings (SSSR count). The van der Waals surface area contributed by atoms with Crippen LogP contribution in [0.4, 0.5) is 21.6 Å². The van der Waals surface area contributed by atoms with Crippen LogP contribution < -0.4 is 27.4 Å². The maximum Gasteiger partial charge on any atom is 0.336 e. The van der Waals surface area contributed by atoms with Crippen molar-refractivity contribution in [1.82, 2.24) is 13.7 Å². The van der Waals surface area contributed by atoms with Crippen molar-refractivity contribution in [3.05, 3.63) is 90.1 Å². The molecule has 0 unspecified atom stereocenters. The van der Waals surface area contributed by atoms with Gasteiger partial charge in [-0.05, 0) is 62.1 Å². The molecule has 1 fully saturated rings. The van der Waals surface area contributed by atoms with Gasteiger partial charge in [0.25, 0.3) is 11.1 Å². The number of hydrogen-bond acceptors (Lipinski definition) is 5. The largest absolute Gasteiger partial charge is 0.338 e. The van der Waals surface area contributed by atoms with Crippen molar-refractivity contribution in [3.63, 3.8) is 0 Å². The van der Waals surface area contributed by atoms with E-state index in [2.05, 4.69) is 10.6 Å². The van der Waals surface area contributed by atoms with Gasteiger partial charge >= 0.3 is 5.69 Å². The first kappa shape index (κ1) is 23.0. The Morgan fingerprint density at radius 3 is 2.46 bits per heavy atom. The summed E-state index contributed by atoms with van der Waals surface area (Å²) in [6, 6.07) is 9.49. The third-order valence-corrected chi connectivity index (χ3v) is 7.11. The number of hydrogen-bond donors (Lipinski definition) is 2. The van der Waals surface area contributed by atoms with Gasteiger partial charge in [0.05, 0.1) is 23.3 Å². The van der Waals surface area contributed by atoms with Crippen molar-refractivity contribution in [1.29, 1.82) is 0 Å². The summed E-state index contributed by atoms with van der Waals surface area (Å²) in [4.78, 5) is 52.9. The van der Waals surface area contributed by atoms with E-state index in [1.54, 1.807) is 44.2 Å². The van der Waals surface area contributed by atoms with E-state index in [0.717, 1.165) is 11.1 Å². The smallest absolute Gasteiger partial charge is 0.336 e. The van der Waals surface area contributed by atoms with Crippen LogP contribution in [-0.4, -0.2) is 19.6 Å². The summed E-state index contributed by atoms with van der Waals surface area (Å²) in [5.74, 6) is -0.591. The second-order valence-electron chi connectivity index (χ2n) is 9.76. The molecule has 2 N–H and O–H groups in total. The van der Waals surface area contributed by atoms with Gasteiger partial charge in [-0.1, -0.05) is 12.1 Å². The average Bonchev–Trinajstić information content (AvgIpc) is 3.61. The predicted octanol–water partition coefficient (Wildman–Crippen LogP) is 3.18. The second-order valence-corrected chi connectivity index (χ2v) is 9.76. The summed E-state index contributed by atoms with van der Waals surface area (Å²) in [6.07, 6.45) is 1.60. The first-order chi connectivity index (χ1) is 17.7. The van der Waals surface area contributed by atoms with Gasteiger partial charge in [0.1, 0.15) is 17.0 Å². The Hall–Kier alpha value is -4.47. The van der Waals surface area contributed by atoms with E-state index in [4.69, 9.17) is 0 Å². The van der Waals surface area contributed by atoms with Crippen LogP contribution in [0.5, 0.6) is 0 Å². The molecular formula is C27H24FN5O4. The van der Waals surface area contributed by atoms with Gasteiger partial charge in [-0.15, -0.1) is 0 Å². The van der Waals surface area contributed by atoms with Crippen LogP contribution in [0.25, 0.3) is 16.6 Å². The first-order valence-corrected chi connectivity index (χ1v) is 12.0. The van der Waals surface area contributed by atoms with Crippen LogP contribution in [0.15, 0.2) is 50.8 Å². The Balaban J connectivity index is 1.72. The lowest BCUT2D eigenvalue weighted by molar-refractivity contribution is -0.115. The fourth-order valence-corrected chi connectivity index (χ4v) is 5.05. The third kappa shape index (κ3) is 3.51. The number of amides is 1. The number of pyridine rings is 1. The number of benzene rings is 2. The van der Waals surface area contributed by atoms with Crippen LogP contribution >= 0.6 is 0 Å². The van der Waals surface area contributed by atoms with Crippen LogP contribution in [0.1, 0.15) is 35.6 Å². The summed E-state index contributed by atoms with van der Waals surface area (Å²) < 4.78 is 18.7. The van der Waals surface area contributed by atoms with E-state index in [9.17, 15) is 23.6 Å². The molecule has 1 saturated carbocycles. The molecule has 1 aliphatic heterocycles. The molecule has 188 valence electrons. The molecule has 1 amide bonds. The Labute approximate surface area is 209 Å². The molecule has 37 heavy (non-hydrogen) atoms. The lowest BCUT2D eigenvalue weighted by Gasteiger charge is -2.21. The van der Waals surface area contributed by atoms with Gasteiger partial charge in [-0.25, -0.2) is 9.18 Å². The van der Waals surface area contributed by atoms with Crippen LogP contribution in [0, 0.1) is 19.7 Å². The number of fused-ring (bicyclic) bond motifs is 2. The standard InChI is InChI=1S/C27H24FN5O4/c1-13-4-9-19(18(28)10-13)30-24-22-23(14(2)25(35)31(24)3)32(27(37)33(26(22)36)16-7-8-16)17-6-5-15-11-21(34)29-20(15)12-17/h4-6,9-10,12,16,30H,7-8,11H2,1-3H3,(H,29,34). The molecule has 0 bridgehead atoms. The van der Waals surface area contributed by atoms with Gasteiger partial charge in [0, 0.05) is 24.3 Å². The molecule has 0 spiro atoms. The molecule has 10 heteroatoms. The van der Waals surface area contributed by atoms with Crippen LogP contribution in [-0.2, 0) is 18.3 Å². The fraction of sp³-hybridized carbons (Fsp3) is 0.259. The first-order valence-electron chi connectivity index (χ1n) is 12.0. The number of anilines is 3. The Bertz CT molecular complexity index is 1850. The zero-order valence-electron chi connectivity index (χ0n) is 20.5. The van der Waals surface area contributed by atoms with Crippen molar-refractivity contribution < 1.29 is 9.18 Å². The van der Waals surface area contributed by atoms with E-state index >= 15 is 0 Å². The summed E-state index contributed by atoms with van der Waals surface area (Å²) in [7, 11) is 1.50.